The number of hydrogen-bond donors (Lipinski definition) is 0. The molecule has 4 rings (SSSR count). The van der Waals surface area contributed by atoms with Crippen LogP contribution in [0, 0.1) is 17.3 Å². The highest BCUT2D eigenvalue weighted by molar-refractivity contribution is 8.22. The van der Waals surface area contributed by atoms with Crippen LogP contribution in [0.4, 0.5) is 0 Å². The van der Waals surface area contributed by atoms with Crippen LogP contribution in [0.1, 0.15) is 49.7 Å². The molecule has 0 heterocycles. The Hall–Kier alpha value is -1.07. The molecule has 140 valence electrons. The van der Waals surface area contributed by atoms with Crippen molar-refractivity contribution in [2.45, 2.75) is 51.0 Å². The van der Waals surface area contributed by atoms with Crippen molar-refractivity contribution in [2.75, 3.05) is 13.4 Å². The minimum atomic E-state index is -0.246. The van der Waals surface area contributed by atoms with E-state index in [1.807, 2.05) is 6.26 Å². The Kier molecular flexibility index (Phi) is 4.81. The van der Waals surface area contributed by atoms with E-state index in [4.69, 9.17) is 21.7 Å². The second-order valence-electron chi connectivity index (χ2n) is 8.09. The van der Waals surface area contributed by atoms with Crippen molar-refractivity contribution in [2.24, 2.45) is 17.3 Å². The maximum Gasteiger partial charge on any atom is 0.219 e. The van der Waals surface area contributed by atoms with Gasteiger partial charge in [-0.1, -0.05) is 24.8 Å². The molecule has 1 aromatic carbocycles. The zero-order chi connectivity index (χ0) is 18.5. The number of thioether (sulfide) groups is 1. The molecule has 0 N–H and O–H groups in total. The van der Waals surface area contributed by atoms with Gasteiger partial charge in [0.1, 0.15) is 17.6 Å². The Bertz CT molecular complexity index is 747. The van der Waals surface area contributed by atoms with Crippen LogP contribution in [-0.4, -0.2) is 29.6 Å². The van der Waals surface area contributed by atoms with Crippen LogP contribution in [0.3, 0.4) is 0 Å². The van der Waals surface area contributed by atoms with Gasteiger partial charge >= 0.3 is 0 Å². The molecule has 5 atom stereocenters. The Labute approximate surface area is 165 Å². The highest BCUT2D eigenvalue weighted by Crippen LogP contribution is 2.60. The van der Waals surface area contributed by atoms with Crippen LogP contribution >= 0.6 is 24.0 Å². The summed E-state index contributed by atoms with van der Waals surface area (Å²) in [6, 6.07) is 6.44. The van der Waals surface area contributed by atoms with Crippen molar-refractivity contribution < 1.29 is 14.3 Å². The maximum atomic E-state index is 12.7. The Balaban J connectivity index is 1.76. The molecule has 3 aliphatic carbocycles. The summed E-state index contributed by atoms with van der Waals surface area (Å²) in [7, 11) is 1.71. The zero-order valence-corrected chi connectivity index (χ0v) is 17.3. The van der Waals surface area contributed by atoms with Crippen LogP contribution < -0.4 is 4.74 Å². The average Bonchev–Trinajstić information content (AvgIpc) is 2.95. The third-order valence-corrected chi connectivity index (χ3v) is 8.04. The monoisotopic (exact) mass is 390 g/mol. The van der Waals surface area contributed by atoms with Gasteiger partial charge in [0, 0.05) is 17.8 Å². The van der Waals surface area contributed by atoms with Gasteiger partial charge in [-0.05, 0) is 79.3 Å². The summed E-state index contributed by atoms with van der Waals surface area (Å²) in [5.41, 5.74) is 2.49. The predicted octanol–water partition coefficient (Wildman–Crippen LogP) is 4.76. The first kappa shape index (κ1) is 18.3. The SMILES string of the molecule is COc1ccc2c(c1)CC[C@@H]1[C@H]2[C@H](OC(=S)SC)C[C@]2(C)C(=O)CC[C@@H]12. The number of hydrogen-bond acceptors (Lipinski definition) is 5. The number of fused-ring (bicyclic) bond motifs is 5. The van der Waals surface area contributed by atoms with E-state index in [0.717, 1.165) is 37.9 Å². The number of carbonyl (C=O) groups excluding carboxylic acids is 1. The first-order valence-corrected chi connectivity index (χ1v) is 11.1. The van der Waals surface area contributed by atoms with Crippen LogP contribution in [0.25, 0.3) is 0 Å². The van der Waals surface area contributed by atoms with Crippen LogP contribution in [0.2, 0.25) is 0 Å². The standard InChI is InChI=1S/C21H26O3S2/c1-21-11-17(24-20(25)26-3)19-14-7-5-13(23-2)10-12(14)4-6-15(19)16(21)8-9-18(21)22/h5,7,10,15-17,19H,4,6,8-9,11H2,1-3H3/t15-,16-,17+,19-,21-/m0/s1. The van der Waals surface area contributed by atoms with E-state index < -0.39 is 0 Å². The molecule has 0 saturated heterocycles. The molecule has 0 spiro atoms. The lowest BCUT2D eigenvalue weighted by Gasteiger charge is -2.51. The van der Waals surface area contributed by atoms with Gasteiger partial charge < -0.3 is 9.47 Å². The Morgan fingerprint density at radius 1 is 1.31 bits per heavy atom. The third-order valence-electron chi connectivity index (χ3n) is 7.01. The molecule has 5 heteroatoms. The molecule has 26 heavy (non-hydrogen) atoms. The van der Waals surface area contributed by atoms with Gasteiger partial charge in [-0.15, -0.1) is 0 Å². The van der Waals surface area contributed by atoms with E-state index in [2.05, 4.69) is 25.1 Å². The minimum absolute atomic E-state index is 0.0179. The van der Waals surface area contributed by atoms with Gasteiger partial charge in [0.25, 0.3) is 0 Å². The maximum absolute atomic E-state index is 12.7. The molecule has 0 aliphatic heterocycles. The highest BCUT2D eigenvalue weighted by Gasteiger charge is 2.58. The summed E-state index contributed by atoms with van der Waals surface area (Å²) < 4.78 is 12.3. The summed E-state index contributed by atoms with van der Waals surface area (Å²) in [5, 5.41) is 0. The molecular weight excluding hydrogens is 364 g/mol. The van der Waals surface area contributed by atoms with Crippen LogP contribution in [-0.2, 0) is 16.0 Å². The second kappa shape index (κ2) is 6.83. The second-order valence-corrected chi connectivity index (χ2v) is 9.50. The predicted molar refractivity (Wildman–Crippen MR) is 109 cm³/mol. The molecule has 1 aromatic rings. The molecule has 0 aromatic heterocycles. The van der Waals surface area contributed by atoms with Crippen LogP contribution in [0.5, 0.6) is 5.75 Å². The van der Waals surface area contributed by atoms with Gasteiger partial charge in [-0.2, -0.15) is 0 Å². The molecular formula is C21H26O3S2. The van der Waals surface area contributed by atoms with E-state index in [9.17, 15) is 4.79 Å². The van der Waals surface area contributed by atoms with E-state index in [1.165, 1.54) is 22.9 Å². The molecule has 0 amide bonds. The number of ether oxygens (including phenoxy) is 2. The van der Waals surface area contributed by atoms with Gasteiger partial charge in [-0.25, -0.2) is 0 Å². The normalized spacial score (nSPS) is 35.3. The number of carbonyl (C=O) groups is 1. The minimum Gasteiger partial charge on any atom is -0.497 e. The van der Waals surface area contributed by atoms with E-state index >= 15 is 0 Å². The van der Waals surface area contributed by atoms with E-state index in [1.54, 1.807) is 7.11 Å². The topological polar surface area (TPSA) is 35.5 Å². The highest BCUT2D eigenvalue weighted by atomic mass is 32.2. The Morgan fingerprint density at radius 3 is 2.85 bits per heavy atom. The first-order chi connectivity index (χ1) is 12.5. The first-order valence-electron chi connectivity index (χ1n) is 9.42. The number of rotatable bonds is 2. The smallest absolute Gasteiger partial charge is 0.219 e. The number of aryl methyl sites for hydroxylation is 1. The van der Waals surface area contributed by atoms with Crippen molar-refractivity contribution in [3.8, 4) is 5.75 Å². The number of benzene rings is 1. The third kappa shape index (κ3) is 2.78. The summed E-state index contributed by atoms with van der Waals surface area (Å²) >= 11 is 6.86. The van der Waals surface area contributed by atoms with Gasteiger partial charge in [-0.3, -0.25) is 4.79 Å². The van der Waals surface area contributed by atoms with Crippen molar-refractivity contribution >= 4 is 34.1 Å². The molecule has 2 fully saturated rings. The molecule has 0 bridgehead atoms. The average molecular weight is 391 g/mol. The van der Waals surface area contributed by atoms with Gasteiger partial charge in [0.2, 0.25) is 4.38 Å². The van der Waals surface area contributed by atoms with Crippen molar-refractivity contribution in [1.82, 2.24) is 0 Å². The lowest BCUT2D eigenvalue weighted by Crippen LogP contribution is -2.50. The number of thiocarbonyl (C=S) groups is 1. The summed E-state index contributed by atoms with van der Waals surface area (Å²) in [4.78, 5) is 12.7. The summed E-state index contributed by atoms with van der Waals surface area (Å²) in [5.74, 6) is 2.62. The fourth-order valence-electron chi connectivity index (χ4n) is 5.79. The van der Waals surface area contributed by atoms with Crippen molar-refractivity contribution in [3.63, 3.8) is 0 Å². The largest absolute Gasteiger partial charge is 0.497 e. The van der Waals surface area contributed by atoms with Gasteiger partial charge in [0.05, 0.1) is 7.11 Å². The molecule has 0 radical (unpaired) electrons. The molecule has 3 aliphatic rings. The number of Topliss-reactive ketones (excluding diaryl/α,β-unsaturated/α-hetero) is 1. The summed E-state index contributed by atoms with van der Waals surface area (Å²) in [6.07, 6.45) is 6.63. The zero-order valence-electron chi connectivity index (χ0n) is 15.6. The molecule has 0 unspecified atom stereocenters. The number of ketones is 1. The van der Waals surface area contributed by atoms with Crippen molar-refractivity contribution in [3.05, 3.63) is 29.3 Å². The Morgan fingerprint density at radius 2 is 2.12 bits per heavy atom. The fraction of sp³-hybridized carbons (Fsp3) is 0.619. The molecule has 2 saturated carbocycles. The lowest BCUT2D eigenvalue weighted by molar-refractivity contribution is -0.133. The van der Waals surface area contributed by atoms with Crippen LogP contribution in [0.15, 0.2) is 18.2 Å². The van der Waals surface area contributed by atoms with Crippen molar-refractivity contribution in [1.29, 1.82) is 0 Å². The fourth-order valence-corrected chi connectivity index (χ4v) is 6.13. The quantitative estimate of drug-likeness (QED) is 0.680. The van der Waals surface area contributed by atoms with E-state index in [-0.39, 0.29) is 11.5 Å². The van der Waals surface area contributed by atoms with E-state index in [0.29, 0.717) is 27.9 Å². The molecule has 3 nitrogen and oxygen atoms in total. The lowest BCUT2D eigenvalue weighted by atomic mass is 9.54. The number of methoxy groups -OCH3 is 1. The summed E-state index contributed by atoms with van der Waals surface area (Å²) in [6.45, 7) is 2.17. The van der Waals surface area contributed by atoms with Gasteiger partial charge in [0.15, 0.2) is 0 Å².